The summed E-state index contributed by atoms with van der Waals surface area (Å²) in [7, 11) is 1.61. The van der Waals surface area contributed by atoms with Crippen LogP contribution in [-0.2, 0) is 10.5 Å². The monoisotopic (exact) mass is 442 g/mol. The van der Waals surface area contributed by atoms with Gasteiger partial charge in [-0.1, -0.05) is 29.5 Å². The smallest absolute Gasteiger partial charge is 0.280 e. The summed E-state index contributed by atoms with van der Waals surface area (Å²) >= 11 is 0. The number of para-hydroxylation sites is 4. The van der Waals surface area contributed by atoms with E-state index >= 15 is 0 Å². The quantitative estimate of drug-likeness (QED) is 0.424. The van der Waals surface area contributed by atoms with Gasteiger partial charge in [0, 0.05) is 6.61 Å². The first-order valence-electron chi connectivity index (χ1n) is 10.8. The minimum absolute atomic E-state index is 0.169. The Balaban J connectivity index is 1.60. The van der Waals surface area contributed by atoms with Gasteiger partial charge in [0.15, 0.2) is 0 Å². The summed E-state index contributed by atoms with van der Waals surface area (Å²) in [5, 5.41) is 8.60. The number of ether oxygens (including phenoxy) is 2. The first-order valence-corrected chi connectivity index (χ1v) is 10.8. The van der Waals surface area contributed by atoms with E-state index in [2.05, 4.69) is 15.3 Å². The summed E-state index contributed by atoms with van der Waals surface area (Å²) in [6.07, 6.45) is 5.09. The van der Waals surface area contributed by atoms with Gasteiger partial charge in [-0.3, -0.25) is 13.8 Å². The molecule has 1 fully saturated rings. The zero-order chi connectivity index (χ0) is 22.6. The molecule has 9 nitrogen and oxygen atoms in total. The van der Waals surface area contributed by atoms with Crippen molar-refractivity contribution in [3.8, 4) is 22.8 Å². The molecule has 1 saturated heterocycles. The van der Waals surface area contributed by atoms with Crippen molar-refractivity contribution in [2.45, 2.75) is 25.5 Å². The molecular formula is C24H22N6O3. The highest BCUT2D eigenvalue weighted by Gasteiger charge is 2.35. The zero-order valence-electron chi connectivity index (χ0n) is 18.3. The molecule has 5 aromatic rings. The fraction of sp³-hybridized carbons (Fsp3) is 0.250. The van der Waals surface area contributed by atoms with E-state index in [9.17, 15) is 4.79 Å². The maximum atomic E-state index is 13.9. The molecule has 2 aromatic carbocycles. The van der Waals surface area contributed by atoms with E-state index in [1.807, 2.05) is 59.9 Å². The summed E-state index contributed by atoms with van der Waals surface area (Å²) in [4.78, 5) is 18.5. The van der Waals surface area contributed by atoms with Gasteiger partial charge in [-0.2, -0.15) is 0 Å². The van der Waals surface area contributed by atoms with Gasteiger partial charge in [0.25, 0.3) is 5.56 Å². The first-order chi connectivity index (χ1) is 16.1. The highest BCUT2D eigenvalue weighted by atomic mass is 16.5. The van der Waals surface area contributed by atoms with Crippen LogP contribution in [0.25, 0.3) is 33.6 Å². The predicted octanol–water partition coefficient (Wildman–Crippen LogP) is 3.39. The molecule has 0 amide bonds. The lowest BCUT2D eigenvalue weighted by Crippen LogP contribution is -2.39. The highest BCUT2D eigenvalue weighted by molar-refractivity contribution is 5.84. The van der Waals surface area contributed by atoms with Crippen LogP contribution >= 0.6 is 0 Å². The van der Waals surface area contributed by atoms with Crippen LogP contribution in [0.1, 0.15) is 19.8 Å². The van der Waals surface area contributed by atoms with Gasteiger partial charge in [0.1, 0.15) is 40.4 Å². The van der Waals surface area contributed by atoms with Crippen LogP contribution < -0.4 is 10.3 Å². The second-order valence-corrected chi connectivity index (χ2v) is 8.29. The van der Waals surface area contributed by atoms with Crippen LogP contribution in [-0.4, -0.2) is 42.7 Å². The number of imidazole rings is 1. The molecule has 9 heteroatoms. The molecule has 1 aliphatic rings. The van der Waals surface area contributed by atoms with Crippen LogP contribution in [0, 0.1) is 0 Å². The van der Waals surface area contributed by atoms with Gasteiger partial charge in [-0.15, -0.1) is 5.10 Å². The third-order valence-corrected chi connectivity index (χ3v) is 6.29. The molecule has 1 unspecified atom stereocenters. The van der Waals surface area contributed by atoms with Crippen LogP contribution in [0.2, 0.25) is 0 Å². The van der Waals surface area contributed by atoms with E-state index in [-0.39, 0.29) is 5.56 Å². The summed E-state index contributed by atoms with van der Waals surface area (Å²) < 4.78 is 16.7. The molecule has 1 atom stereocenters. The average molecular weight is 442 g/mol. The lowest BCUT2D eigenvalue weighted by Gasteiger charge is -2.28. The molecule has 33 heavy (non-hydrogen) atoms. The molecular weight excluding hydrogens is 420 g/mol. The first kappa shape index (κ1) is 19.7. The van der Waals surface area contributed by atoms with Gasteiger partial charge < -0.3 is 9.47 Å². The highest BCUT2D eigenvalue weighted by Crippen LogP contribution is 2.33. The van der Waals surface area contributed by atoms with Crippen LogP contribution in [0.3, 0.4) is 0 Å². The third-order valence-electron chi connectivity index (χ3n) is 6.29. The van der Waals surface area contributed by atoms with Crippen molar-refractivity contribution >= 4 is 16.6 Å². The Morgan fingerprint density at radius 3 is 2.67 bits per heavy atom. The van der Waals surface area contributed by atoms with E-state index in [0.717, 1.165) is 29.6 Å². The standard InChI is InChI=1S/C24H22N6O3/c1-24(12-7-13-33-24)30-18-9-4-3-8-17(18)28-15-25-21(22(28)23(30)31)16-14-29(27-26-16)19-10-5-6-11-20(19)32-2/h3-6,8-11,14-15H,7,12-13H2,1-2H3. The molecule has 3 aromatic heterocycles. The van der Waals surface area contributed by atoms with Crippen LogP contribution in [0.15, 0.2) is 65.8 Å². The van der Waals surface area contributed by atoms with E-state index in [1.54, 1.807) is 28.9 Å². The molecule has 0 bridgehead atoms. The molecule has 0 saturated carbocycles. The van der Waals surface area contributed by atoms with Crippen molar-refractivity contribution in [2.75, 3.05) is 13.7 Å². The normalized spacial score (nSPS) is 18.4. The Labute approximate surface area is 188 Å². The van der Waals surface area contributed by atoms with Crippen molar-refractivity contribution in [3.05, 3.63) is 71.4 Å². The second-order valence-electron chi connectivity index (χ2n) is 8.29. The summed E-state index contributed by atoms with van der Waals surface area (Å²) in [5.74, 6) is 0.670. The predicted molar refractivity (Wildman–Crippen MR) is 123 cm³/mol. The average Bonchev–Trinajstić information content (AvgIpc) is 3.59. The lowest BCUT2D eigenvalue weighted by atomic mass is 10.1. The van der Waals surface area contributed by atoms with Gasteiger partial charge in [-0.05, 0) is 44.0 Å². The zero-order valence-corrected chi connectivity index (χ0v) is 18.3. The molecule has 6 rings (SSSR count). The molecule has 0 N–H and O–H groups in total. The lowest BCUT2D eigenvalue weighted by molar-refractivity contribution is -0.0447. The molecule has 4 heterocycles. The van der Waals surface area contributed by atoms with Crippen molar-refractivity contribution in [2.24, 2.45) is 0 Å². The topological polar surface area (TPSA) is 88.5 Å². The summed E-state index contributed by atoms with van der Waals surface area (Å²) in [6.45, 7) is 2.60. The number of nitrogens with zero attached hydrogens (tertiary/aromatic N) is 6. The van der Waals surface area contributed by atoms with Gasteiger partial charge in [-0.25, -0.2) is 9.67 Å². The minimum Gasteiger partial charge on any atom is -0.494 e. The Morgan fingerprint density at radius 2 is 1.88 bits per heavy atom. The number of benzene rings is 2. The number of fused-ring (bicyclic) bond motifs is 3. The number of rotatable bonds is 4. The van der Waals surface area contributed by atoms with E-state index in [0.29, 0.717) is 29.3 Å². The fourth-order valence-corrected chi connectivity index (χ4v) is 4.71. The number of hydrogen-bond acceptors (Lipinski definition) is 6. The van der Waals surface area contributed by atoms with Crippen molar-refractivity contribution in [1.29, 1.82) is 0 Å². The van der Waals surface area contributed by atoms with Gasteiger partial charge in [0.05, 0.1) is 24.3 Å². The van der Waals surface area contributed by atoms with Crippen molar-refractivity contribution in [3.63, 3.8) is 0 Å². The van der Waals surface area contributed by atoms with Gasteiger partial charge >= 0.3 is 0 Å². The maximum absolute atomic E-state index is 13.9. The third kappa shape index (κ3) is 2.89. The Morgan fingerprint density at radius 1 is 1.09 bits per heavy atom. The van der Waals surface area contributed by atoms with Crippen LogP contribution in [0.5, 0.6) is 5.75 Å². The largest absolute Gasteiger partial charge is 0.494 e. The number of hydrogen-bond donors (Lipinski definition) is 0. The summed E-state index contributed by atoms with van der Waals surface area (Å²) in [5.41, 5.74) is 2.96. The molecule has 166 valence electrons. The Kier molecular flexibility index (Phi) is 4.34. The molecule has 1 aliphatic heterocycles. The summed E-state index contributed by atoms with van der Waals surface area (Å²) in [6, 6.07) is 15.3. The maximum Gasteiger partial charge on any atom is 0.280 e. The number of aromatic nitrogens is 6. The SMILES string of the molecule is COc1ccccc1-n1cc(-c2ncn3c2c(=O)n(C2(C)CCCO2)c2ccccc23)nn1. The van der Waals surface area contributed by atoms with Crippen molar-refractivity contribution in [1.82, 2.24) is 28.9 Å². The Hall–Kier alpha value is -3.98. The van der Waals surface area contributed by atoms with E-state index in [4.69, 9.17) is 9.47 Å². The van der Waals surface area contributed by atoms with Gasteiger partial charge in [0.2, 0.25) is 0 Å². The molecule has 0 spiro atoms. The van der Waals surface area contributed by atoms with Crippen LogP contribution in [0.4, 0.5) is 0 Å². The van der Waals surface area contributed by atoms with Crippen molar-refractivity contribution < 1.29 is 9.47 Å². The second kappa shape index (κ2) is 7.28. The van der Waals surface area contributed by atoms with E-state index in [1.165, 1.54) is 0 Å². The number of methoxy groups -OCH3 is 1. The molecule has 0 radical (unpaired) electrons. The fourth-order valence-electron chi connectivity index (χ4n) is 4.71. The van der Waals surface area contributed by atoms with E-state index < -0.39 is 5.72 Å². The minimum atomic E-state index is -0.713. The molecule has 0 aliphatic carbocycles. The Bertz CT molecular complexity index is 1560.